The van der Waals surface area contributed by atoms with Gasteiger partial charge in [-0.2, -0.15) is 20.7 Å². The zero-order chi connectivity index (χ0) is 52.4. The second-order valence-electron chi connectivity index (χ2n) is 22.1. The van der Waals surface area contributed by atoms with Crippen molar-refractivity contribution in [1.29, 1.82) is 10.5 Å². The molecule has 0 N–H and O–H groups in total. The SMILES string of the molecule is CC(c1ccc(Cl)cc1Cl)n1nc(C#N)c2ncc(N3CC(C4CC(CC(c5ccc(Cl)cc5Cl)n5nc(C#N)c6ncc(N7CC(C8CCCN(C9CCS(=O)(=O)CC9)C8)C7)nc65)CN(C5CCOCC5)C4)C3)nc21. The summed E-state index contributed by atoms with van der Waals surface area (Å²) in [7, 11) is -2.91. The summed E-state index contributed by atoms with van der Waals surface area (Å²) in [5, 5.41) is 32.3. The van der Waals surface area contributed by atoms with Gasteiger partial charge in [0.15, 0.2) is 22.7 Å². The number of likely N-dealkylation sites (tertiary alicyclic amines) is 2. The number of nitriles is 2. The van der Waals surface area contributed by atoms with Crippen LogP contribution in [0.3, 0.4) is 0 Å². The van der Waals surface area contributed by atoms with Crippen LogP contribution in [-0.2, 0) is 14.6 Å². The highest BCUT2D eigenvalue weighted by molar-refractivity contribution is 7.91. The van der Waals surface area contributed by atoms with Crippen molar-refractivity contribution in [3.63, 3.8) is 0 Å². The Balaban J connectivity index is 0.797. The number of hydrogen-bond acceptors (Lipinski definition) is 15. The van der Waals surface area contributed by atoms with Crippen molar-refractivity contribution in [1.82, 2.24) is 49.3 Å². The zero-order valence-corrected chi connectivity index (χ0v) is 46.2. The molecule has 6 aromatic rings. The van der Waals surface area contributed by atoms with E-state index in [1.807, 2.05) is 29.8 Å². The molecular formula is C54H60Cl4N14O3S. The molecule has 4 aromatic heterocycles. The summed E-state index contributed by atoms with van der Waals surface area (Å²) >= 11 is 26.6. The number of fused-ring (bicyclic) bond motifs is 2. The highest BCUT2D eigenvalue weighted by Gasteiger charge is 2.43. The van der Waals surface area contributed by atoms with Crippen LogP contribution in [0.15, 0.2) is 48.8 Å². The summed E-state index contributed by atoms with van der Waals surface area (Å²) < 4.78 is 33.9. The molecule has 0 bridgehead atoms. The number of halogens is 4. The quantitative estimate of drug-likeness (QED) is 0.113. The monoisotopic (exact) mass is 1120 g/mol. The maximum atomic E-state index is 12.2. The Morgan fingerprint density at radius 1 is 0.671 bits per heavy atom. The van der Waals surface area contributed by atoms with Gasteiger partial charge < -0.3 is 19.4 Å². The van der Waals surface area contributed by atoms with Crippen molar-refractivity contribution in [3.8, 4) is 12.1 Å². The highest BCUT2D eigenvalue weighted by atomic mass is 35.5. The van der Waals surface area contributed by atoms with Crippen molar-refractivity contribution in [2.75, 3.05) is 86.9 Å². The Labute approximate surface area is 462 Å². The Kier molecular flexibility index (Phi) is 14.6. The molecular weight excluding hydrogens is 1070 g/mol. The molecule has 0 spiro atoms. The van der Waals surface area contributed by atoms with Gasteiger partial charge in [-0.3, -0.25) is 4.90 Å². The molecule has 5 atom stereocenters. The summed E-state index contributed by atoms with van der Waals surface area (Å²) in [6.07, 6.45) is 10.9. The molecule has 2 aromatic carbocycles. The number of benzene rings is 2. The van der Waals surface area contributed by atoms with Crippen LogP contribution in [0.2, 0.25) is 20.1 Å². The van der Waals surface area contributed by atoms with E-state index in [1.165, 1.54) is 6.42 Å². The van der Waals surface area contributed by atoms with E-state index in [2.05, 4.69) is 36.8 Å². The van der Waals surface area contributed by atoms with Crippen molar-refractivity contribution < 1.29 is 13.2 Å². The van der Waals surface area contributed by atoms with Crippen LogP contribution in [0, 0.1) is 52.3 Å². The minimum atomic E-state index is -2.91. The molecule has 12 rings (SSSR count). The first-order chi connectivity index (χ1) is 36.8. The third kappa shape index (κ3) is 10.2. The number of aromatic nitrogens is 8. The van der Waals surface area contributed by atoms with Gasteiger partial charge in [0.05, 0.1) is 36.0 Å². The Morgan fingerprint density at radius 2 is 1.22 bits per heavy atom. The summed E-state index contributed by atoms with van der Waals surface area (Å²) in [4.78, 5) is 29.9. The predicted octanol–water partition coefficient (Wildman–Crippen LogP) is 8.89. The fourth-order valence-corrected chi connectivity index (χ4v) is 15.9. The first-order valence-electron chi connectivity index (χ1n) is 26.8. The van der Waals surface area contributed by atoms with Crippen molar-refractivity contribution in [2.45, 2.75) is 82.5 Å². The van der Waals surface area contributed by atoms with Crippen LogP contribution < -0.4 is 9.80 Å². The second kappa shape index (κ2) is 21.4. The smallest absolute Gasteiger partial charge is 0.190 e. The van der Waals surface area contributed by atoms with Crippen LogP contribution in [0.5, 0.6) is 0 Å². The van der Waals surface area contributed by atoms with Crippen LogP contribution in [0.25, 0.3) is 22.3 Å². The molecule has 5 unspecified atom stereocenters. The van der Waals surface area contributed by atoms with E-state index in [1.54, 1.807) is 35.3 Å². The molecule has 22 heteroatoms. The average molecular weight is 1130 g/mol. The maximum Gasteiger partial charge on any atom is 0.190 e. The van der Waals surface area contributed by atoms with Crippen molar-refractivity contribution >= 4 is 90.2 Å². The number of hydrogen-bond donors (Lipinski definition) is 0. The summed E-state index contributed by atoms with van der Waals surface area (Å²) in [5.41, 5.74) is 4.09. The number of nitrogens with zero attached hydrogens (tertiary/aromatic N) is 14. The fourth-order valence-electron chi connectivity index (χ4n) is 13.3. The molecule has 0 radical (unpaired) electrons. The molecule has 76 heavy (non-hydrogen) atoms. The average Bonchev–Trinajstić information content (AvgIpc) is 3.97. The predicted molar refractivity (Wildman–Crippen MR) is 294 cm³/mol. The van der Waals surface area contributed by atoms with Crippen LogP contribution >= 0.6 is 46.4 Å². The molecule has 0 amide bonds. The van der Waals surface area contributed by atoms with Crippen molar-refractivity contribution in [3.05, 3.63) is 91.4 Å². The Bertz CT molecular complexity index is 3350. The summed E-state index contributed by atoms with van der Waals surface area (Å²) in [6, 6.07) is 15.6. The molecule has 0 aliphatic carbocycles. The molecule has 10 heterocycles. The minimum absolute atomic E-state index is 0.206. The maximum absolute atomic E-state index is 12.2. The molecule has 6 fully saturated rings. The van der Waals surface area contributed by atoms with Crippen LogP contribution in [0.1, 0.15) is 92.9 Å². The number of rotatable bonds is 12. The van der Waals surface area contributed by atoms with Gasteiger partial charge in [0.1, 0.15) is 44.6 Å². The number of sulfone groups is 1. The fraction of sp³-hybridized carbons (Fsp3) is 0.556. The minimum Gasteiger partial charge on any atom is -0.381 e. The first-order valence-corrected chi connectivity index (χ1v) is 30.1. The normalized spacial score (nSPS) is 24.3. The Hall–Kier alpha value is -4.89. The van der Waals surface area contributed by atoms with E-state index < -0.39 is 9.84 Å². The Morgan fingerprint density at radius 3 is 1.83 bits per heavy atom. The van der Waals surface area contributed by atoms with E-state index in [9.17, 15) is 18.9 Å². The van der Waals surface area contributed by atoms with E-state index in [4.69, 9.17) is 76.2 Å². The molecule has 17 nitrogen and oxygen atoms in total. The number of ether oxygens (including phenoxy) is 1. The summed E-state index contributed by atoms with van der Waals surface area (Å²) in [6.45, 7) is 10.7. The number of piperidine rings is 2. The standard InChI is InChI=1S/C54H60Cl4N14O3S/c1-32(42-6-4-38(55)19-44(42)57)71-53-51(46(21-59)65-71)61-23-49(63-53)70-30-37(31-70)35-17-33(25-68(27-35)40-8-13-75-14-9-40)18-48(43-7-5-39(56)20-45(43)58)72-54-52(47(22-60)66-72)62-24-50(64-54)69-28-36(29-69)34-3-2-12-67(26-34)41-10-15-76(73,74)16-11-41/h4-7,19-20,23-24,32-37,40-41,48H,2-3,8-18,25-31H2,1H3. The van der Waals surface area contributed by atoms with Gasteiger partial charge in [-0.1, -0.05) is 58.5 Å². The topological polar surface area (TPSA) is 191 Å². The largest absolute Gasteiger partial charge is 0.381 e. The summed E-state index contributed by atoms with van der Waals surface area (Å²) in [5.74, 6) is 4.13. The van der Waals surface area contributed by atoms with E-state index in [-0.39, 0.29) is 29.4 Å². The van der Waals surface area contributed by atoms with Crippen molar-refractivity contribution in [2.24, 2.45) is 29.6 Å². The third-order valence-corrected chi connectivity index (χ3v) is 20.4. The second-order valence-corrected chi connectivity index (χ2v) is 26.1. The lowest BCUT2D eigenvalue weighted by Crippen LogP contribution is -2.57. The third-order valence-electron chi connectivity index (χ3n) is 17.6. The molecule has 0 saturated carbocycles. The van der Waals surface area contributed by atoms with E-state index >= 15 is 0 Å². The molecule has 6 saturated heterocycles. The van der Waals surface area contributed by atoms with Gasteiger partial charge >= 0.3 is 0 Å². The zero-order valence-electron chi connectivity index (χ0n) is 42.4. The molecule has 6 aliphatic rings. The number of anilines is 2. The van der Waals surface area contributed by atoms with E-state index in [0.717, 1.165) is 127 Å². The molecule has 6 aliphatic heterocycles. The lowest BCUT2D eigenvalue weighted by atomic mass is 9.74. The van der Waals surface area contributed by atoms with Crippen LogP contribution in [0.4, 0.5) is 11.6 Å². The first kappa shape index (κ1) is 51.8. The van der Waals surface area contributed by atoms with E-state index in [0.29, 0.717) is 96.1 Å². The highest BCUT2D eigenvalue weighted by Crippen LogP contribution is 2.43. The van der Waals surface area contributed by atoms with Crippen LogP contribution in [-0.4, -0.2) is 147 Å². The van der Waals surface area contributed by atoms with Gasteiger partial charge in [-0.25, -0.2) is 37.7 Å². The molecule has 398 valence electrons. The van der Waals surface area contributed by atoms with Gasteiger partial charge in [-0.15, -0.1) is 0 Å². The lowest BCUT2D eigenvalue weighted by molar-refractivity contribution is -0.00926. The van der Waals surface area contributed by atoms with Gasteiger partial charge in [0.2, 0.25) is 0 Å². The van der Waals surface area contributed by atoms with Gasteiger partial charge in [-0.05, 0) is 130 Å². The van der Waals surface area contributed by atoms with Gasteiger partial charge in [0.25, 0.3) is 0 Å². The van der Waals surface area contributed by atoms with Gasteiger partial charge in [0, 0.05) is 91.2 Å². The lowest BCUT2D eigenvalue weighted by Gasteiger charge is -2.50.